The summed E-state index contributed by atoms with van der Waals surface area (Å²) in [6.45, 7) is 7.19. The molecule has 0 aromatic carbocycles. The van der Waals surface area contributed by atoms with Crippen molar-refractivity contribution >= 4 is 11.7 Å². The first-order valence-corrected chi connectivity index (χ1v) is 6.35. The molecule has 1 fully saturated rings. The molecule has 3 nitrogen and oxygen atoms in total. The van der Waals surface area contributed by atoms with E-state index in [0.717, 1.165) is 25.8 Å². The fraction of sp³-hybridized carbons (Fsp3) is 0.846. The maximum absolute atomic E-state index is 11.8. The molecule has 0 aromatic rings. The summed E-state index contributed by atoms with van der Waals surface area (Å²) in [6, 6.07) is 0. The van der Waals surface area contributed by atoms with Crippen LogP contribution in [0.15, 0.2) is 0 Å². The van der Waals surface area contributed by atoms with E-state index in [9.17, 15) is 9.59 Å². The summed E-state index contributed by atoms with van der Waals surface area (Å²) in [7, 11) is 0. The van der Waals surface area contributed by atoms with Crippen LogP contribution in [0, 0.1) is 11.8 Å². The molecule has 2 unspecified atom stereocenters. The number of ketones is 1. The van der Waals surface area contributed by atoms with E-state index >= 15 is 0 Å². The minimum Gasteiger partial charge on any atom is -0.335 e. The lowest BCUT2D eigenvalue weighted by molar-refractivity contribution is -0.136. The summed E-state index contributed by atoms with van der Waals surface area (Å²) in [5.74, 6) is 1.03. The van der Waals surface area contributed by atoms with E-state index < -0.39 is 0 Å². The summed E-state index contributed by atoms with van der Waals surface area (Å²) < 4.78 is 0. The van der Waals surface area contributed by atoms with Crippen LogP contribution in [0.25, 0.3) is 0 Å². The Morgan fingerprint density at radius 1 is 1.50 bits per heavy atom. The molecular weight excluding hydrogens is 202 g/mol. The molecule has 1 aliphatic rings. The van der Waals surface area contributed by atoms with Gasteiger partial charge in [-0.25, -0.2) is 0 Å². The summed E-state index contributed by atoms with van der Waals surface area (Å²) in [6.07, 6.45) is 3.46. The summed E-state index contributed by atoms with van der Waals surface area (Å²) in [4.78, 5) is 25.3. The van der Waals surface area contributed by atoms with Gasteiger partial charge in [-0.3, -0.25) is 9.59 Å². The predicted octanol–water partition coefficient (Wildman–Crippen LogP) is 2.25. The van der Waals surface area contributed by atoms with Gasteiger partial charge in [0.25, 0.3) is 0 Å². The Balaban J connectivity index is 2.52. The average molecular weight is 225 g/mol. The van der Waals surface area contributed by atoms with E-state index in [1.54, 1.807) is 4.90 Å². The van der Waals surface area contributed by atoms with Crippen LogP contribution < -0.4 is 0 Å². The van der Waals surface area contributed by atoms with Gasteiger partial charge in [0.15, 0.2) is 5.78 Å². The maximum atomic E-state index is 11.8. The Morgan fingerprint density at radius 2 is 2.19 bits per heavy atom. The van der Waals surface area contributed by atoms with Crippen molar-refractivity contribution in [2.45, 2.75) is 46.5 Å². The third-order valence-corrected chi connectivity index (χ3v) is 3.60. The predicted molar refractivity (Wildman–Crippen MR) is 64.1 cm³/mol. The number of likely N-dealkylation sites (tertiary alicyclic amines) is 1. The molecule has 0 spiro atoms. The van der Waals surface area contributed by atoms with Crippen molar-refractivity contribution < 1.29 is 9.59 Å². The molecule has 1 aliphatic heterocycles. The molecule has 1 rings (SSSR count). The highest BCUT2D eigenvalue weighted by atomic mass is 16.2. The third kappa shape index (κ3) is 3.62. The van der Waals surface area contributed by atoms with Gasteiger partial charge in [-0.1, -0.05) is 20.8 Å². The van der Waals surface area contributed by atoms with Crippen molar-refractivity contribution in [3.05, 3.63) is 0 Å². The van der Waals surface area contributed by atoms with Gasteiger partial charge in [0.2, 0.25) is 5.91 Å². The van der Waals surface area contributed by atoms with Crippen molar-refractivity contribution in [3.8, 4) is 0 Å². The summed E-state index contributed by atoms with van der Waals surface area (Å²) in [5, 5.41) is 0. The second kappa shape index (κ2) is 6.02. The molecule has 0 N–H and O–H groups in total. The lowest BCUT2D eigenvalue weighted by Gasteiger charge is -2.21. The second-order valence-corrected chi connectivity index (χ2v) is 5.02. The molecule has 1 amide bonds. The van der Waals surface area contributed by atoms with Crippen molar-refractivity contribution in [2.75, 3.05) is 13.1 Å². The van der Waals surface area contributed by atoms with Gasteiger partial charge in [-0.2, -0.15) is 0 Å². The Bertz CT molecular complexity index is 261. The normalized spacial score (nSPS) is 24.1. The first-order chi connectivity index (χ1) is 7.54. The molecular formula is C13H23NO2. The monoisotopic (exact) mass is 225 g/mol. The molecule has 0 aromatic heterocycles. The van der Waals surface area contributed by atoms with Crippen LogP contribution in [0.5, 0.6) is 0 Å². The van der Waals surface area contributed by atoms with Crippen LogP contribution in [0.3, 0.4) is 0 Å². The van der Waals surface area contributed by atoms with E-state index in [1.807, 2.05) is 13.8 Å². The number of hydrogen-bond donors (Lipinski definition) is 0. The fourth-order valence-electron chi connectivity index (χ4n) is 1.91. The molecule has 16 heavy (non-hydrogen) atoms. The van der Waals surface area contributed by atoms with E-state index in [2.05, 4.69) is 6.92 Å². The second-order valence-electron chi connectivity index (χ2n) is 5.02. The third-order valence-electron chi connectivity index (χ3n) is 3.60. The molecule has 0 aliphatic carbocycles. The maximum Gasteiger partial charge on any atom is 0.222 e. The molecule has 0 saturated carbocycles. The van der Waals surface area contributed by atoms with E-state index in [1.165, 1.54) is 0 Å². The average Bonchev–Trinajstić information content (AvgIpc) is 2.43. The highest BCUT2D eigenvalue weighted by molar-refractivity contribution is 5.87. The Kier molecular flexibility index (Phi) is 4.97. The van der Waals surface area contributed by atoms with E-state index in [-0.39, 0.29) is 17.6 Å². The first kappa shape index (κ1) is 13.2. The van der Waals surface area contributed by atoms with Gasteiger partial charge in [0.1, 0.15) is 0 Å². The van der Waals surface area contributed by atoms with Crippen LogP contribution in [0.4, 0.5) is 0 Å². The van der Waals surface area contributed by atoms with Crippen molar-refractivity contribution in [3.63, 3.8) is 0 Å². The van der Waals surface area contributed by atoms with E-state index in [0.29, 0.717) is 18.9 Å². The number of carbonyl (C=O) groups is 2. The van der Waals surface area contributed by atoms with Gasteiger partial charge in [0.05, 0.1) is 6.54 Å². The lowest BCUT2D eigenvalue weighted by Crippen LogP contribution is -2.37. The number of Topliss-reactive ketones (excluding diaryl/α,β-unsaturated/α-hetero) is 1. The number of rotatable bonds is 4. The standard InChI is InChI=1S/C13H23NO2/c1-4-11(3)12(15)9-14-8-7-10(2)5-6-13(14)16/h10-11H,4-9H2,1-3H3. The van der Waals surface area contributed by atoms with Gasteiger partial charge in [0, 0.05) is 18.9 Å². The Labute approximate surface area is 98.2 Å². The van der Waals surface area contributed by atoms with Crippen molar-refractivity contribution in [1.82, 2.24) is 4.90 Å². The molecule has 1 heterocycles. The van der Waals surface area contributed by atoms with Gasteiger partial charge in [-0.15, -0.1) is 0 Å². The number of nitrogens with zero attached hydrogens (tertiary/aromatic N) is 1. The molecule has 2 atom stereocenters. The highest BCUT2D eigenvalue weighted by Crippen LogP contribution is 2.18. The number of carbonyl (C=O) groups excluding carboxylic acids is 2. The summed E-state index contributed by atoms with van der Waals surface area (Å²) >= 11 is 0. The van der Waals surface area contributed by atoms with Crippen molar-refractivity contribution in [1.29, 1.82) is 0 Å². The van der Waals surface area contributed by atoms with Gasteiger partial charge in [-0.05, 0) is 25.2 Å². The quantitative estimate of drug-likeness (QED) is 0.736. The number of hydrogen-bond acceptors (Lipinski definition) is 2. The topological polar surface area (TPSA) is 37.4 Å². The van der Waals surface area contributed by atoms with Gasteiger partial charge >= 0.3 is 0 Å². The zero-order valence-electron chi connectivity index (χ0n) is 10.7. The minimum atomic E-state index is 0.0773. The number of amides is 1. The first-order valence-electron chi connectivity index (χ1n) is 6.35. The van der Waals surface area contributed by atoms with Crippen LogP contribution in [-0.2, 0) is 9.59 Å². The largest absolute Gasteiger partial charge is 0.335 e. The van der Waals surface area contributed by atoms with Crippen molar-refractivity contribution in [2.24, 2.45) is 11.8 Å². The van der Waals surface area contributed by atoms with Crippen LogP contribution >= 0.6 is 0 Å². The van der Waals surface area contributed by atoms with Crippen LogP contribution in [0.1, 0.15) is 46.5 Å². The molecule has 1 saturated heterocycles. The lowest BCUT2D eigenvalue weighted by atomic mass is 10.0. The SMILES string of the molecule is CCC(C)C(=O)CN1CCC(C)CCC1=O. The Morgan fingerprint density at radius 3 is 2.81 bits per heavy atom. The molecule has 0 bridgehead atoms. The highest BCUT2D eigenvalue weighted by Gasteiger charge is 2.23. The minimum absolute atomic E-state index is 0.0773. The smallest absolute Gasteiger partial charge is 0.222 e. The Hall–Kier alpha value is -0.860. The molecule has 0 radical (unpaired) electrons. The van der Waals surface area contributed by atoms with Crippen LogP contribution in [-0.4, -0.2) is 29.7 Å². The molecule has 92 valence electrons. The molecule has 3 heteroatoms. The van der Waals surface area contributed by atoms with Gasteiger partial charge < -0.3 is 4.90 Å². The zero-order chi connectivity index (χ0) is 12.1. The fourth-order valence-corrected chi connectivity index (χ4v) is 1.91. The van der Waals surface area contributed by atoms with Crippen LogP contribution in [0.2, 0.25) is 0 Å². The van der Waals surface area contributed by atoms with E-state index in [4.69, 9.17) is 0 Å². The zero-order valence-corrected chi connectivity index (χ0v) is 10.7. The summed E-state index contributed by atoms with van der Waals surface area (Å²) in [5.41, 5.74) is 0.